The molecule has 5 nitrogen and oxygen atoms in total. The molecule has 0 heterocycles. The predicted molar refractivity (Wildman–Crippen MR) is 59.5 cm³/mol. The van der Waals surface area contributed by atoms with Crippen molar-refractivity contribution < 1.29 is 19.0 Å². The molecule has 1 rings (SSSR count). The molecule has 0 bridgehead atoms. The van der Waals surface area contributed by atoms with E-state index in [0.717, 1.165) is 0 Å². The minimum atomic E-state index is -0.424. The van der Waals surface area contributed by atoms with Crippen molar-refractivity contribution in [2.45, 2.75) is 6.92 Å². The minimum Gasteiger partial charge on any atom is -0.493 e. The Morgan fingerprint density at radius 3 is 2.75 bits per heavy atom. The third-order valence-electron chi connectivity index (χ3n) is 1.84. The number of methoxy groups -OCH3 is 1. The molecular formula is C11H15NO4. The van der Waals surface area contributed by atoms with Crippen molar-refractivity contribution in [2.75, 3.05) is 26.1 Å². The summed E-state index contributed by atoms with van der Waals surface area (Å²) in [5, 5.41) is 0. The SMILES string of the molecule is CCOC(=O)COc1cc(N)ccc1OC. The van der Waals surface area contributed by atoms with Crippen molar-refractivity contribution in [3.63, 3.8) is 0 Å². The highest BCUT2D eigenvalue weighted by Crippen LogP contribution is 2.28. The zero-order chi connectivity index (χ0) is 12.0. The number of carbonyl (C=O) groups excluding carboxylic acids is 1. The molecular weight excluding hydrogens is 210 g/mol. The summed E-state index contributed by atoms with van der Waals surface area (Å²) in [5.74, 6) is 0.529. The maximum Gasteiger partial charge on any atom is 0.344 e. The Morgan fingerprint density at radius 2 is 2.12 bits per heavy atom. The fourth-order valence-electron chi connectivity index (χ4n) is 1.15. The van der Waals surface area contributed by atoms with Crippen LogP contribution in [0.15, 0.2) is 18.2 Å². The molecule has 5 heteroatoms. The number of ether oxygens (including phenoxy) is 3. The van der Waals surface area contributed by atoms with Crippen molar-refractivity contribution in [3.05, 3.63) is 18.2 Å². The van der Waals surface area contributed by atoms with Crippen molar-refractivity contribution in [3.8, 4) is 11.5 Å². The third kappa shape index (κ3) is 3.34. The number of nitrogen functional groups attached to an aromatic ring is 1. The van der Waals surface area contributed by atoms with Crippen molar-refractivity contribution in [1.29, 1.82) is 0 Å². The number of carbonyl (C=O) groups is 1. The molecule has 0 aliphatic carbocycles. The summed E-state index contributed by atoms with van der Waals surface area (Å²) >= 11 is 0. The average Bonchev–Trinajstić information content (AvgIpc) is 2.27. The zero-order valence-electron chi connectivity index (χ0n) is 9.36. The fourth-order valence-corrected chi connectivity index (χ4v) is 1.15. The Hall–Kier alpha value is -1.91. The molecule has 0 aliphatic rings. The maximum atomic E-state index is 11.1. The molecule has 88 valence electrons. The van der Waals surface area contributed by atoms with Gasteiger partial charge in [-0.3, -0.25) is 0 Å². The minimum absolute atomic E-state index is 0.159. The van der Waals surface area contributed by atoms with E-state index >= 15 is 0 Å². The van der Waals surface area contributed by atoms with Crippen LogP contribution in [0, 0.1) is 0 Å². The van der Waals surface area contributed by atoms with Crippen LogP contribution in [0.2, 0.25) is 0 Å². The second-order valence-electron chi connectivity index (χ2n) is 3.00. The van der Waals surface area contributed by atoms with Crippen molar-refractivity contribution >= 4 is 11.7 Å². The summed E-state index contributed by atoms with van der Waals surface area (Å²) in [5.41, 5.74) is 6.14. The lowest BCUT2D eigenvalue weighted by molar-refractivity contribution is -0.145. The van der Waals surface area contributed by atoms with E-state index in [1.165, 1.54) is 7.11 Å². The normalized spacial score (nSPS) is 9.62. The number of anilines is 1. The summed E-state index contributed by atoms with van der Waals surface area (Å²) < 4.78 is 15.0. The first kappa shape index (κ1) is 12.2. The number of rotatable bonds is 5. The summed E-state index contributed by atoms with van der Waals surface area (Å²) in [7, 11) is 1.52. The van der Waals surface area contributed by atoms with E-state index < -0.39 is 5.97 Å². The van der Waals surface area contributed by atoms with E-state index in [2.05, 4.69) is 0 Å². The Bertz CT molecular complexity index is 365. The van der Waals surface area contributed by atoms with Gasteiger partial charge in [-0.05, 0) is 19.1 Å². The molecule has 0 spiro atoms. The molecule has 1 aromatic rings. The van der Waals surface area contributed by atoms with Gasteiger partial charge < -0.3 is 19.9 Å². The molecule has 0 saturated heterocycles. The Balaban J connectivity index is 2.65. The van der Waals surface area contributed by atoms with E-state index in [1.807, 2.05) is 0 Å². The standard InChI is InChI=1S/C11H15NO4/c1-3-15-11(13)7-16-10-6-8(12)4-5-9(10)14-2/h4-6H,3,7,12H2,1-2H3. The van der Waals surface area contributed by atoms with E-state index in [0.29, 0.717) is 23.8 Å². The molecule has 0 saturated carbocycles. The van der Waals surface area contributed by atoms with Gasteiger partial charge in [-0.15, -0.1) is 0 Å². The molecule has 0 aliphatic heterocycles. The number of esters is 1. The number of nitrogens with two attached hydrogens (primary N) is 1. The van der Waals surface area contributed by atoms with Crippen LogP contribution < -0.4 is 15.2 Å². The van der Waals surface area contributed by atoms with Gasteiger partial charge in [-0.25, -0.2) is 4.79 Å². The van der Waals surface area contributed by atoms with Crippen LogP contribution >= 0.6 is 0 Å². The van der Waals surface area contributed by atoms with Crippen LogP contribution in [0.4, 0.5) is 5.69 Å². The van der Waals surface area contributed by atoms with Gasteiger partial charge in [0.25, 0.3) is 0 Å². The highest BCUT2D eigenvalue weighted by Gasteiger charge is 2.08. The predicted octanol–water partition coefficient (Wildman–Crippen LogP) is 1.22. The van der Waals surface area contributed by atoms with Gasteiger partial charge in [0.05, 0.1) is 13.7 Å². The number of hydrogen-bond donors (Lipinski definition) is 1. The Morgan fingerprint density at radius 1 is 1.38 bits per heavy atom. The van der Waals surface area contributed by atoms with Crippen molar-refractivity contribution in [2.24, 2.45) is 0 Å². The lowest BCUT2D eigenvalue weighted by Crippen LogP contribution is -2.14. The molecule has 0 radical (unpaired) electrons. The van der Waals surface area contributed by atoms with Gasteiger partial charge in [0.1, 0.15) is 0 Å². The largest absolute Gasteiger partial charge is 0.493 e. The van der Waals surface area contributed by atoms with E-state index in [-0.39, 0.29) is 6.61 Å². The van der Waals surface area contributed by atoms with Crippen LogP contribution in [0.5, 0.6) is 11.5 Å². The van der Waals surface area contributed by atoms with Gasteiger partial charge in [0.15, 0.2) is 18.1 Å². The summed E-state index contributed by atoms with van der Waals surface area (Å²) in [6.45, 7) is 1.91. The summed E-state index contributed by atoms with van der Waals surface area (Å²) in [4.78, 5) is 11.1. The van der Waals surface area contributed by atoms with E-state index in [9.17, 15) is 4.79 Å². The Kier molecular flexibility index (Phi) is 4.44. The Labute approximate surface area is 94.1 Å². The fraction of sp³-hybridized carbons (Fsp3) is 0.364. The molecule has 0 amide bonds. The lowest BCUT2D eigenvalue weighted by atomic mass is 10.3. The smallest absolute Gasteiger partial charge is 0.344 e. The molecule has 0 fully saturated rings. The van der Waals surface area contributed by atoms with Crippen LogP contribution in [-0.2, 0) is 9.53 Å². The average molecular weight is 225 g/mol. The van der Waals surface area contributed by atoms with Crippen molar-refractivity contribution in [1.82, 2.24) is 0 Å². The molecule has 1 aromatic carbocycles. The first-order valence-electron chi connectivity index (χ1n) is 4.89. The highest BCUT2D eigenvalue weighted by atomic mass is 16.6. The third-order valence-corrected chi connectivity index (χ3v) is 1.84. The molecule has 16 heavy (non-hydrogen) atoms. The van der Waals surface area contributed by atoms with Crippen LogP contribution in [-0.4, -0.2) is 26.3 Å². The van der Waals surface area contributed by atoms with Gasteiger partial charge in [0.2, 0.25) is 0 Å². The number of benzene rings is 1. The zero-order valence-corrected chi connectivity index (χ0v) is 9.36. The van der Waals surface area contributed by atoms with Gasteiger partial charge in [-0.2, -0.15) is 0 Å². The molecule has 0 aromatic heterocycles. The van der Waals surface area contributed by atoms with Gasteiger partial charge in [0, 0.05) is 11.8 Å². The quantitative estimate of drug-likeness (QED) is 0.602. The first-order valence-corrected chi connectivity index (χ1v) is 4.89. The van der Waals surface area contributed by atoms with Crippen LogP contribution in [0.1, 0.15) is 6.92 Å². The topological polar surface area (TPSA) is 70.8 Å². The second-order valence-corrected chi connectivity index (χ2v) is 3.00. The monoisotopic (exact) mass is 225 g/mol. The molecule has 0 unspecified atom stereocenters. The van der Waals surface area contributed by atoms with Crippen LogP contribution in [0.3, 0.4) is 0 Å². The van der Waals surface area contributed by atoms with E-state index in [4.69, 9.17) is 19.9 Å². The van der Waals surface area contributed by atoms with Crippen LogP contribution in [0.25, 0.3) is 0 Å². The maximum absolute atomic E-state index is 11.1. The highest BCUT2D eigenvalue weighted by molar-refractivity contribution is 5.71. The summed E-state index contributed by atoms with van der Waals surface area (Å²) in [6.07, 6.45) is 0. The second kappa shape index (κ2) is 5.85. The number of hydrogen-bond acceptors (Lipinski definition) is 5. The molecule has 2 N–H and O–H groups in total. The van der Waals surface area contributed by atoms with Gasteiger partial charge in [-0.1, -0.05) is 0 Å². The summed E-state index contributed by atoms with van der Waals surface area (Å²) in [6, 6.07) is 4.96. The molecule has 0 atom stereocenters. The van der Waals surface area contributed by atoms with E-state index in [1.54, 1.807) is 25.1 Å². The lowest BCUT2D eigenvalue weighted by Gasteiger charge is -2.10. The van der Waals surface area contributed by atoms with Gasteiger partial charge >= 0.3 is 5.97 Å². The first-order chi connectivity index (χ1) is 7.67.